The third-order valence-electron chi connectivity index (χ3n) is 3.65. The van der Waals surface area contributed by atoms with Crippen LogP contribution < -0.4 is 5.32 Å². The quantitative estimate of drug-likeness (QED) is 0.751. The van der Waals surface area contributed by atoms with E-state index < -0.39 is 0 Å². The van der Waals surface area contributed by atoms with Gasteiger partial charge in [0.1, 0.15) is 0 Å². The Labute approximate surface area is 107 Å². The summed E-state index contributed by atoms with van der Waals surface area (Å²) in [7, 11) is 0. The first-order valence-electron chi connectivity index (χ1n) is 7.14. The van der Waals surface area contributed by atoms with Gasteiger partial charge >= 0.3 is 0 Å². The molecule has 0 aromatic rings. The molecule has 1 amide bonds. The third-order valence-corrected chi connectivity index (χ3v) is 3.65. The van der Waals surface area contributed by atoms with Crippen LogP contribution in [0.5, 0.6) is 0 Å². The second kappa shape index (κ2) is 5.88. The molecule has 2 unspecified atom stereocenters. The molecule has 17 heavy (non-hydrogen) atoms. The van der Waals surface area contributed by atoms with E-state index in [4.69, 9.17) is 0 Å². The highest BCUT2D eigenvalue weighted by Crippen LogP contribution is 2.35. The lowest BCUT2D eigenvalue weighted by Gasteiger charge is -2.34. The highest BCUT2D eigenvalue weighted by molar-refractivity contribution is 5.79. The van der Waals surface area contributed by atoms with Crippen LogP contribution in [0.4, 0.5) is 0 Å². The maximum atomic E-state index is 11.5. The predicted octanol–water partition coefficient (Wildman–Crippen LogP) is 3.75. The van der Waals surface area contributed by atoms with Crippen LogP contribution in [0.2, 0.25) is 0 Å². The first-order chi connectivity index (χ1) is 7.83. The highest BCUT2D eigenvalue weighted by atomic mass is 16.2. The molecule has 1 aliphatic rings. The van der Waals surface area contributed by atoms with Crippen LogP contribution in [-0.2, 0) is 4.79 Å². The van der Waals surface area contributed by atoms with E-state index in [9.17, 15) is 4.79 Å². The van der Waals surface area contributed by atoms with Crippen LogP contribution >= 0.6 is 0 Å². The molecule has 1 saturated heterocycles. The number of rotatable bonds is 6. The van der Waals surface area contributed by atoms with Gasteiger partial charge in [0.15, 0.2) is 0 Å². The predicted molar refractivity (Wildman–Crippen MR) is 72.8 cm³/mol. The lowest BCUT2D eigenvalue weighted by molar-refractivity contribution is -0.120. The van der Waals surface area contributed by atoms with E-state index in [1.54, 1.807) is 0 Å². The first-order valence-corrected chi connectivity index (χ1v) is 7.14. The van der Waals surface area contributed by atoms with Gasteiger partial charge in [-0.1, -0.05) is 34.6 Å². The fourth-order valence-corrected chi connectivity index (χ4v) is 3.50. The Bertz CT molecular complexity index is 260. The Morgan fingerprint density at radius 2 is 1.76 bits per heavy atom. The molecular weight excluding hydrogens is 210 g/mol. The topological polar surface area (TPSA) is 29.1 Å². The minimum absolute atomic E-state index is 0.0968. The Hall–Kier alpha value is -0.530. The van der Waals surface area contributed by atoms with E-state index in [1.165, 1.54) is 6.42 Å². The normalized spacial score (nSPS) is 26.6. The molecule has 0 bridgehead atoms. The van der Waals surface area contributed by atoms with Crippen LogP contribution in [0, 0.1) is 17.8 Å². The molecule has 1 fully saturated rings. The van der Waals surface area contributed by atoms with Gasteiger partial charge in [0, 0.05) is 12.0 Å². The zero-order valence-electron chi connectivity index (χ0n) is 12.2. The molecule has 0 aliphatic carbocycles. The number of amides is 1. The maximum absolute atomic E-state index is 11.5. The molecule has 2 heteroatoms. The molecule has 1 rings (SSSR count). The summed E-state index contributed by atoms with van der Waals surface area (Å²) in [6.07, 6.45) is 5.29. The van der Waals surface area contributed by atoms with Gasteiger partial charge in [0.2, 0.25) is 5.91 Å². The van der Waals surface area contributed by atoms with Gasteiger partial charge in [-0.2, -0.15) is 0 Å². The maximum Gasteiger partial charge on any atom is 0.220 e. The summed E-state index contributed by atoms with van der Waals surface area (Å²) in [5, 5.41) is 3.26. The summed E-state index contributed by atoms with van der Waals surface area (Å²) >= 11 is 0. The summed E-state index contributed by atoms with van der Waals surface area (Å²) in [4.78, 5) is 11.5. The van der Waals surface area contributed by atoms with E-state index in [-0.39, 0.29) is 11.4 Å². The molecule has 1 N–H and O–H groups in total. The monoisotopic (exact) mass is 239 g/mol. The van der Waals surface area contributed by atoms with Crippen LogP contribution in [-0.4, -0.2) is 11.4 Å². The van der Waals surface area contributed by atoms with Crippen molar-refractivity contribution in [2.75, 3.05) is 0 Å². The first kappa shape index (κ1) is 14.5. The molecule has 0 aromatic carbocycles. The van der Waals surface area contributed by atoms with Gasteiger partial charge < -0.3 is 5.32 Å². The van der Waals surface area contributed by atoms with Gasteiger partial charge in [-0.3, -0.25) is 4.79 Å². The molecule has 0 spiro atoms. The summed E-state index contributed by atoms with van der Waals surface area (Å²) in [5.74, 6) is 2.35. The summed E-state index contributed by atoms with van der Waals surface area (Å²) < 4.78 is 0. The van der Waals surface area contributed by atoms with Crippen LogP contribution in [0.25, 0.3) is 0 Å². The lowest BCUT2D eigenvalue weighted by atomic mass is 9.78. The van der Waals surface area contributed by atoms with Crippen molar-refractivity contribution in [3.05, 3.63) is 0 Å². The van der Waals surface area contributed by atoms with Crippen molar-refractivity contribution in [2.24, 2.45) is 17.8 Å². The Kier molecular flexibility index (Phi) is 5.03. The molecule has 100 valence electrons. The third kappa shape index (κ3) is 4.69. The smallest absolute Gasteiger partial charge is 0.220 e. The van der Waals surface area contributed by atoms with Crippen molar-refractivity contribution < 1.29 is 4.79 Å². The van der Waals surface area contributed by atoms with Gasteiger partial charge in [-0.15, -0.1) is 0 Å². The second-order valence-electron chi connectivity index (χ2n) is 6.87. The molecule has 1 aliphatic heterocycles. The number of hydrogen-bond donors (Lipinski definition) is 1. The number of carbonyl (C=O) groups is 1. The summed E-state index contributed by atoms with van der Waals surface area (Å²) in [6, 6.07) is 0. The van der Waals surface area contributed by atoms with Crippen LogP contribution in [0.3, 0.4) is 0 Å². The average Bonchev–Trinajstić information content (AvgIpc) is 2.43. The van der Waals surface area contributed by atoms with Gasteiger partial charge in [0.05, 0.1) is 0 Å². The molecule has 2 nitrogen and oxygen atoms in total. The van der Waals surface area contributed by atoms with Crippen LogP contribution in [0.15, 0.2) is 0 Å². The molecule has 0 saturated carbocycles. The Morgan fingerprint density at radius 1 is 1.12 bits per heavy atom. The van der Waals surface area contributed by atoms with E-state index in [0.717, 1.165) is 31.6 Å². The molecule has 0 radical (unpaired) electrons. The molecule has 2 atom stereocenters. The summed E-state index contributed by atoms with van der Waals surface area (Å²) in [6.45, 7) is 11.4. The second-order valence-corrected chi connectivity index (χ2v) is 6.87. The minimum atomic E-state index is 0.0968. The van der Waals surface area contributed by atoms with E-state index >= 15 is 0 Å². The van der Waals surface area contributed by atoms with Crippen molar-refractivity contribution in [3.8, 4) is 0 Å². The SMILES string of the molecule is CC(C)CC(C)CC1(CC(C)C)CCC(=O)N1. The van der Waals surface area contributed by atoms with Crippen molar-refractivity contribution in [1.82, 2.24) is 5.32 Å². The molecule has 0 aromatic heterocycles. The lowest BCUT2D eigenvalue weighted by Crippen LogP contribution is -2.44. The van der Waals surface area contributed by atoms with Gasteiger partial charge in [-0.25, -0.2) is 0 Å². The van der Waals surface area contributed by atoms with Gasteiger partial charge in [-0.05, 0) is 43.4 Å². The van der Waals surface area contributed by atoms with Crippen molar-refractivity contribution in [1.29, 1.82) is 0 Å². The molecule has 1 heterocycles. The minimum Gasteiger partial charge on any atom is -0.351 e. The zero-order chi connectivity index (χ0) is 13.1. The fourth-order valence-electron chi connectivity index (χ4n) is 3.50. The van der Waals surface area contributed by atoms with Crippen molar-refractivity contribution >= 4 is 5.91 Å². The number of hydrogen-bond acceptors (Lipinski definition) is 1. The van der Waals surface area contributed by atoms with E-state index in [1.807, 2.05) is 0 Å². The van der Waals surface area contributed by atoms with Crippen molar-refractivity contribution in [3.63, 3.8) is 0 Å². The largest absolute Gasteiger partial charge is 0.351 e. The Balaban J connectivity index is 2.61. The standard InChI is InChI=1S/C15H29NO/c1-11(2)8-13(5)10-15(9-12(3)4)7-6-14(17)16-15/h11-13H,6-10H2,1-5H3,(H,16,17). The molecular formula is C15H29NO. The van der Waals surface area contributed by atoms with E-state index in [2.05, 4.69) is 39.9 Å². The van der Waals surface area contributed by atoms with Gasteiger partial charge in [0.25, 0.3) is 0 Å². The van der Waals surface area contributed by atoms with E-state index in [0.29, 0.717) is 11.8 Å². The zero-order valence-corrected chi connectivity index (χ0v) is 12.2. The van der Waals surface area contributed by atoms with Crippen LogP contribution in [0.1, 0.15) is 66.7 Å². The highest BCUT2D eigenvalue weighted by Gasteiger charge is 2.38. The fraction of sp³-hybridized carbons (Fsp3) is 0.933. The number of nitrogens with one attached hydrogen (secondary N) is 1. The summed E-state index contributed by atoms with van der Waals surface area (Å²) in [5.41, 5.74) is 0.0968. The average molecular weight is 239 g/mol. The number of carbonyl (C=O) groups excluding carboxylic acids is 1. The Morgan fingerprint density at radius 3 is 2.18 bits per heavy atom. The van der Waals surface area contributed by atoms with Crippen molar-refractivity contribution in [2.45, 2.75) is 72.3 Å².